The molecule has 0 spiro atoms. The third-order valence-electron chi connectivity index (χ3n) is 5.51. The molecule has 164 valence electrons. The minimum Gasteiger partial charge on any atom is -0.480 e. The highest BCUT2D eigenvalue weighted by Crippen LogP contribution is 2.34. The van der Waals surface area contributed by atoms with Crippen molar-refractivity contribution in [3.8, 4) is 0 Å². The molecule has 1 aromatic heterocycles. The molecule has 0 radical (unpaired) electrons. The molecular weight excluding hydrogens is 412 g/mol. The third kappa shape index (κ3) is 5.75. The van der Waals surface area contributed by atoms with Gasteiger partial charge in [-0.1, -0.05) is 24.4 Å². The van der Waals surface area contributed by atoms with Crippen LogP contribution in [0.3, 0.4) is 0 Å². The second kappa shape index (κ2) is 8.67. The van der Waals surface area contributed by atoms with Crippen LogP contribution < -0.4 is 16.0 Å². The SMILES string of the molecule is CC1(C)CC(CC(NC(=O)C(CC2CC2)NC(=O)c2ccc(Cl)[nH]2)C(=O)O)C(=O)N1. The average molecular weight is 439 g/mol. The molecule has 2 heterocycles. The van der Waals surface area contributed by atoms with Gasteiger partial charge in [0.15, 0.2) is 0 Å². The van der Waals surface area contributed by atoms with E-state index in [4.69, 9.17) is 11.6 Å². The largest absolute Gasteiger partial charge is 0.480 e. The number of carbonyl (C=O) groups excluding carboxylic acids is 3. The summed E-state index contributed by atoms with van der Waals surface area (Å²) in [4.78, 5) is 51.9. The summed E-state index contributed by atoms with van der Waals surface area (Å²) >= 11 is 5.80. The third-order valence-corrected chi connectivity index (χ3v) is 5.73. The summed E-state index contributed by atoms with van der Waals surface area (Å²) in [5, 5.41) is 17.9. The fourth-order valence-electron chi connectivity index (χ4n) is 3.82. The molecule has 1 aliphatic carbocycles. The molecule has 9 nitrogen and oxygen atoms in total. The summed E-state index contributed by atoms with van der Waals surface area (Å²) in [6.45, 7) is 3.74. The summed E-state index contributed by atoms with van der Waals surface area (Å²) in [7, 11) is 0. The van der Waals surface area contributed by atoms with Gasteiger partial charge in [0, 0.05) is 11.5 Å². The van der Waals surface area contributed by atoms with Gasteiger partial charge in [-0.2, -0.15) is 0 Å². The maximum atomic E-state index is 12.9. The highest BCUT2D eigenvalue weighted by Gasteiger charge is 2.40. The first kappa shape index (κ1) is 22.1. The van der Waals surface area contributed by atoms with E-state index in [1.54, 1.807) is 0 Å². The van der Waals surface area contributed by atoms with Crippen LogP contribution in [0.15, 0.2) is 12.1 Å². The molecule has 3 rings (SSSR count). The zero-order chi connectivity index (χ0) is 22.1. The lowest BCUT2D eigenvalue weighted by atomic mass is 9.91. The van der Waals surface area contributed by atoms with E-state index in [0.29, 0.717) is 23.9 Å². The predicted molar refractivity (Wildman–Crippen MR) is 109 cm³/mol. The van der Waals surface area contributed by atoms with Crippen LogP contribution in [0.1, 0.15) is 56.4 Å². The van der Waals surface area contributed by atoms with Gasteiger partial charge in [-0.25, -0.2) is 4.79 Å². The summed E-state index contributed by atoms with van der Waals surface area (Å²) in [5.74, 6) is -2.68. The van der Waals surface area contributed by atoms with Gasteiger partial charge in [0.2, 0.25) is 11.8 Å². The van der Waals surface area contributed by atoms with Gasteiger partial charge in [-0.15, -0.1) is 0 Å². The van der Waals surface area contributed by atoms with E-state index in [-0.39, 0.29) is 18.0 Å². The smallest absolute Gasteiger partial charge is 0.326 e. The molecule has 2 fully saturated rings. The van der Waals surface area contributed by atoms with Crippen LogP contribution in [0.25, 0.3) is 0 Å². The van der Waals surface area contributed by atoms with Crippen LogP contribution in [-0.2, 0) is 14.4 Å². The first-order chi connectivity index (χ1) is 14.0. The maximum absolute atomic E-state index is 12.9. The molecule has 5 N–H and O–H groups in total. The minimum absolute atomic E-state index is 0.00727. The van der Waals surface area contributed by atoms with Gasteiger partial charge in [0.1, 0.15) is 22.9 Å². The van der Waals surface area contributed by atoms with Crippen molar-refractivity contribution < 1.29 is 24.3 Å². The van der Waals surface area contributed by atoms with Crippen molar-refractivity contribution >= 4 is 35.3 Å². The fourth-order valence-corrected chi connectivity index (χ4v) is 3.98. The molecule has 0 bridgehead atoms. The molecule has 3 unspecified atom stereocenters. The molecule has 3 amide bonds. The van der Waals surface area contributed by atoms with E-state index >= 15 is 0 Å². The van der Waals surface area contributed by atoms with Gasteiger partial charge in [-0.3, -0.25) is 14.4 Å². The zero-order valence-corrected chi connectivity index (χ0v) is 17.7. The number of rotatable bonds is 9. The number of amides is 3. The lowest BCUT2D eigenvalue weighted by Crippen LogP contribution is -2.52. The number of H-pyrrole nitrogens is 1. The van der Waals surface area contributed by atoms with E-state index < -0.39 is 41.3 Å². The standard InChI is InChI=1S/C20H27ClN4O5/c1-20(2)9-11(16(26)25-20)8-14(19(29)30)24-18(28)13(7-10-3-4-10)23-17(27)12-5-6-15(21)22-12/h5-6,10-11,13-14,22H,3-4,7-9H2,1-2H3,(H,23,27)(H,24,28)(H,25,26)(H,29,30). The molecule has 1 saturated heterocycles. The second-order valence-corrected chi connectivity index (χ2v) is 9.24. The summed E-state index contributed by atoms with van der Waals surface area (Å²) in [6, 6.07) is 0.939. The van der Waals surface area contributed by atoms with Crippen LogP contribution in [0.2, 0.25) is 5.15 Å². The van der Waals surface area contributed by atoms with Gasteiger partial charge < -0.3 is 26.0 Å². The molecule has 30 heavy (non-hydrogen) atoms. The van der Waals surface area contributed by atoms with E-state index in [2.05, 4.69) is 20.9 Å². The van der Waals surface area contributed by atoms with Crippen molar-refractivity contribution in [1.29, 1.82) is 0 Å². The van der Waals surface area contributed by atoms with Crippen molar-refractivity contribution in [2.45, 2.75) is 63.6 Å². The Bertz CT molecular complexity index is 848. The van der Waals surface area contributed by atoms with E-state index in [0.717, 1.165) is 12.8 Å². The minimum atomic E-state index is -1.22. The second-order valence-electron chi connectivity index (χ2n) is 8.83. The number of hydrogen-bond acceptors (Lipinski definition) is 4. The first-order valence-electron chi connectivity index (χ1n) is 10.0. The molecule has 10 heteroatoms. The van der Waals surface area contributed by atoms with Gasteiger partial charge in [-0.05, 0) is 51.2 Å². The fraction of sp³-hybridized carbons (Fsp3) is 0.600. The topological polar surface area (TPSA) is 140 Å². The van der Waals surface area contributed by atoms with E-state index in [9.17, 15) is 24.3 Å². The van der Waals surface area contributed by atoms with Gasteiger partial charge >= 0.3 is 5.97 Å². The summed E-state index contributed by atoms with van der Waals surface area (Å²) < 4.78 is 0. The normalized spacial score (nSPS) is 22.1. The van der Waals surface area contributed by atoms with Crippen LogP contribution >= 0.6 is 11.6 Å². The Morgan fingerprint density at radius 2 is 1.90 bits per heavy atom. The lowest BCUT2D eigenvalue weighted by molar-refractivity contribution is -0.142. The van der Waals surface area contributed by atoms with Crippen molar-refractivity contribution in [2.24, 2.45) is 11.8 Å². The quantitative estimate of drug-likeness (QED) is 0.396. The number of carbonyl (C=O) groups is 4. The van der Waals surface area contributed by atoms with Crippen molar-refractivity contribution in [1.82, 2.24) is 20.9 Å². The van der Waals surface area contributed by atoms with E-state index in [1.165, 1.54) is 12.1 Å². The molecule has 1 aromatic rings. The van der Waals surface area contributed by atoms with Crippen molar-refractivity contribution in [3.05, 3.63) is 23.0 Å². The Kier molecular flexibility index (Phi) is 6.40. The number of aromatic nitrogens is 1. The highest BCUT2D eigenvalue weighted by molar-refractivity contribution is 6.29. The maximum Gasteiger partial charge on any atom is 0.326 e. The van der Waals surface area contributed by atoms with Crippen molar-refractivity contribution in [2.75, 3.05) is 0 Å². The number of halogens is 1. The Balaban J connectivity index is 1.65. The number of carboxylic acid groups (broad SMARTS) is 1. The zero-order valence-electron chi connectivity index (χ0n) is 17.0. The van der Waals surface area contributed by atoms with Crippen LogP contribution in [0, 0.1) is 11.8 Å². The summed E-state index contributed by atoms with van der Waals surface area (Å²) in [5.41, 5.74) is -0.192. The Labute approximate surface area is 179 Å². The molecular formula is C20H27ClN4O5. The lowest BCUT2D eigenvalue weighted by Gasteiger charge is -2.22. The Hall–Kier alpha value is -2.55. The highest BCUT2D eigenvalue weighted by atomic mass is 35.5. The number of aromatic amines is 1. The molecule has 1 aliphatic heterocycles. The monoisotopic (exact) mass is 438 g/mol. The number of nitrogens with one attached hydrogen (secondary N) is 4. The molecule has 1 saturated carbocycles. The predicted octanol–water partition coefficient (Wildman–Crippen LogP) is 1.44. The van der Waals surface area contributed by atoms with Crippen LogP contribution in [0.5, 0.6) is 0 Å². The van der Waals surface area contributed by atoms with E-state index in [1.807, 2.05) is 13.8 Å². The number of carboxylic acids is 1. The van der Waals surface area contributed by atoms with Gasteiger partial charge in [0.05, 0.1) is 0 Å². The Morgan fingerprint density at radius 3 is 2.40 bits per heavy atom. The Morgan fingerprint density at radius 1 is 1.20 bits per heavy atom. The van der Waals surface area contributed by atoms with Crippen LogP contribution in [-0.4, -0.2) is 51.4 Å². The summed E-state index contributed by atoms with van der Waals surface area (Å²) in [6.07, 6.45) is 2.84. The average Bonchev–Trinajstić information content (AvgIpc) is 3.28. The van der Waals surface area contributed by atoms with Gasteiger partial charge in [0.25, 0.3) is 5.91 Å². The molecule has 3 atom stereocenters. The number of hydrogen-bond donors (Lipinski definition) is 5. The van der Waals surface area contributed by atoms with Crippen LogP contribution in [0.4, 0.5) is 0 Å². The molecule has 0 aromatic carbocycles. The molecule has 2 aliphatic rings. The van der Waals surface area contributed by atoms with Crippen molar-refractivity contribution in [3.63, 3.8) is 0 Å². The number of aliphatic carboxylic acids is 1. The first-order valence-corrected chi connectivity index (χ1v) is 10.4.